The van der Waals surface area contributed by atoms with Crippen molar-refractivity contribution < 1.29 is 22.5 Å². The Labute approximate surface area is 795 Å². The first-order chi connectivity index (χ1) is 61.2. The molecule has 0 saturated carbocycles. The van der Waals surface area contributed by atoms with Gasteiger partial charge in [0.1, 0.15) is 31.5 Å². The predicted octanol–water partition coefficient (Wildman–Crippen LogP) is 30.1. The van der Waals surface area contributed by atoms with Crippen molar-refractivity contribution in [3.63, 3.8) is 0 Å². The van der Waals surface area contributed by atoms with Gasteiger partial charge in [-0.25, -0.2) is 34.5 Å². The molecule has 0 bridgehead atoms. The maximum atomic E-state index is 4.58. The summed E-state index contributed by atoms with van der Waals surface area (Å²) >= 11 is 1.60. The van der Waals surface area contributed by atoms with E-state index in [0.717, 1.165) is 82.9 Å². The molecule has 30 heteroatoms. The summed E-state index contributed by atoms with van der Waals surface area (Å²) in [7, 11) is 0. The average molecular weight is 1840 g/mol. The van der Waals surface area contributed by atoms with Crippen molar-refractivity contribution >= 4 is 11.3 Å². The molecular weight excluding hydrogens is 1650 g/mol. The van der Waals surface area contributed by atoms with Gasteiger partial charge in [0.05, 0.1) is 61.5 Å². The summed E-state index contributed by atoms with van der Waals surface area (Å²) in [6.45, 7) is 91.0. The standard InChI is InChI=1S/C5H5N.3C4H4N2.C4H4O.14C4H10.2C3H4N2.2C3H3NO.C3H3NS.2C2H3N3.2C2H2N2O/c1-2-4-6-5-3-1;1-2-6-4-3-5-1;1-2-5-4-6-3-1;1-2-4-6-5-3-1;1-2-4-5-3-1;14*1-4(2)3;1-2-5-3-4-1;1-2-4-5-3-1;1-2-5-3-4-1;1-2-4-5-3-1;1-2-5-3-4-1;1-3-2-5-4-1;1-2-4-5-3-1;1-3-2-5-4-1;1-2-4-5-3-1/h1-5H;3*1-4H;1-4H;14*4H,1-3H3;2*1-3H,(H,4,5);3*1-3H;2*1-2H,(H,3,4,5);2*1-2H. The number of pyridine rings is 1. The zero-order valence-electron chi connectivity index (χ0n) is 88.9. The predicted molar refractivity (Wildman–Crippen MR) is 550 cm³/mol. The molecule has 0 unspecified atom stereocenters. The number of aromatic nitrogens is 24. The molecule has 14 aromatic rings. The third-order valence-corrected chi connectivity index (χ3v) is 6.03. The molecule has 0 spiro atoms. The van der Waals surface area contributed by atoms with Gasteiger partial charge in [-0.1, -0.05) is 317 Å². The Hall–Kier alpha value is -11.3. The minimum atomic E-state index is 0.833. The first kappa shape index (κ1) is 150. The van der Waals surface area contributed by atoms with Crippen LogP contribution in [0.15, 0.2) is 294 Å². The van der Waals surface area contributed by atoms with E-state index in [1.165, 1.54) is 63.0 Å². The molecule has 14 aromatic heterocycles. The van der Waals surface area contributed by atoms with E-state index in [1.54, 1.807) is 166 Å². The molecule has 0 aliphatic carbocycles. The summed E-state index contributed by atoms with van der Waals surface area (Å²) in [5.74, 6) is 11.7. The second kappa shape index (κ2) is 146. The number of hydrogen-bond donors (Lipinski definition) is 4. The first-order valence-corrected chi connectivity index (χ1v) is 45.5. The number of furan rings is 1. The Morgan fingerprint density at radius 2 is 0.638 bits per heavy atom. The van der Waals surface area contributed by atoms with Crippen LogP contribution in [-0.4, -0.2) is 121 Å². The van der Waals surface area contributed by atoms with E-state index < -0.39 is 0 Å². The minimum absolute atomic E-state index is 0.833. The van der Waals surface area contributed by atoms with Gasteiger partial charge in [0.25, 0.3) is 0 Å². The van der Waals surface area contributed by atoms with Crippen LogP contribution in [0.1, 0.15) is 291 Å². The molecule has 130 heavy (non-hydrogen) atoms. The molecule has 0 amide bonds. The number of hydrogen-bond acceptors (Lipinski definition) is 26. The highest BCUT2D eigenvalue weighted by Crippen LogP contribution is 1.89. The lowest BCUT2D eigenvalue weighted by Crippen LogP contribution is -1.69. The molecule has 744 valence electrons. The summed E-state index contributed by atoms with van der Waals surface area (Å²) in [6, 6.07) is 18.4. The number of nitrogens with one attached hydrogen (secondary N) is 4. The number of rotatable bonds is 0. The van der Waals surface area contributed by atoms with Crippen LogP contribution in [0, 0.1) is 82.9 Å². The lowest BCUT2D eigenvalue weighted by molar-refractivity contribution is 0.307. The highest BCUT2D eigenvalue weighted by Gasteiger charge is 1.76. The molecule has 14 heterocycles. The summed E-state index contributed by atoms with van der Waals surface area (Å²) in [5, 5.41) is 43.6. The third kappa shape index (κ3) is 397. The molecule has 0 atom stereocenters. The molecule has 0 aliphatic heterocycles. The fraction of sp³-hybridized carbons (Fsp3) is 0.560. The number of thiazole rings is 1. The Morgan fingerprint density at radius 1 is 0.223 bits per heavy atom. The Kier molecular flexibility index (Phi) is 169. The number of nitrogens with zero attached hydrogens (tertiary/aromatic N) is 20. The van der Waals surface area contributed by atoms with Crippen molar-refractivity contribution in [3.05, 3.63) is 271 Å². The van der Waals surface area contributed by atoms with Crippen LogP contribution in [0.3, 0.4) is 0 Å². The van der Waals surface area contributed by atoms with Gasteiger partial charge in [-0.3, -0.25) is 30.1 Å². The monoisotopic (exact) mass is 1840 g/mol. The van der Waals surface area contributed by atoms with Crippen molar-refractivity contribution in [2.24, 2.45) is 82.9 Å². The van der Waals surface area contributed by atoms with Crippen molar-refractivity contribution in [1.82, 2.24) is 121 Å². The van der Waals surface area contributed by atoms with E-state index in [2.05, 4.69) is 435 Å². The van der Waals surface area contributed by atoms with Gasteiger partial charge in [-0.05, 0) is 137 Å². The normalized spacial score (nSPS) is 8.43. The van der Waals surface area contributed by atoms with Crippen LogP contribution >= 0.6 is 11.3 Å². The fourth-order valence-electron chi connectivity index (χ4n) is 2.86. The topological polar surface area (TPSA) is 387 Å². The SMILES string of the molecule is CC(C)C.CC(C)C.CC(C)C.CC(C)C.CC(C)C.CC(C)C.CC(C)C.CC(C)C.CC(C)C.CC(C)C.CC(C)C.CC(C)C.CC(C)C.CC(C)C.c1c[nH]cn1.c1ccncc1.c1ccnnc1.c1ccoc1.c1cn[nH]c1.c1cn[nH]n1.c1cnccn1.c1cncnc1.c1cnoc1.c1cnon1.c1cocn1.c1cscn1.c1nc[nH]n1.c1ncon1. The van der Waals surface area contributed by atoms with E-state index >= 15 is 0 Å². The maximum absolute atomic E-state index is 4.58. The number of H-pyrrole nitrogens is 4. The molecule has 14 rings (SSSR count). The summed E-state index contributed by atoms with van der Waals surface area (Å²) in [4.78, 5) is 39.3. The molecular formula is C100H188N24O5S. The lowest BCUT2D eigenvalue weighted by atomic mass is 10.3. The Bertz CT molecular complexity index is 2440. The van der Waals surface area contributed by atoms with Crippen LogP contribution in [0.25, 0.3) is 0 Å². The molecule has 0 aliphatic rings. The molecule has 4 N–H and O–H groups in total. The highest BCUT2D eigenvalue weighted by atomic mass is 32.1. The zero-order chi connectivity index (χ0) is 102. The van der Waals surface area contributed by atoms with Gasteiger partial charge in [0.15, 0.2) is 12.7 Å². The number of oxazole rings is 1. The van der Waals surface area contributed by atoms with Crippen LogP contribution in [0.5, 0.6) is 0 Å². The number of aromatic amines is 4. The average Bonchev–Trinajstić information content (AvgIpc) is 2.05. The van der Waals surface area contributed by atoms with E-state index in [0.29, 0.717) is 0 Å². The second-order valence-electron chi connectivity index (χ2n) is 34.8. The van der Waals surface area contributed by atoms with Gasteiger partial charge in [0, 0.05) is 98.3 Å². The summed E-state index contributed by atoms with van der Waals surface area (Å²) in [5.41, 5.74) is 1.79. The number of imidazole rings is 1. The largest absolute Gasteiger partial charge is 0.473 e. The smallest absolute Gasteiger partial charge is 0.213 e. The van der Waals surface area contributed by atoms with Crippen molar-refractivity contribution in [2.75, 3.05) is 0 Å². The van der Waals surface area contributed by atoms with Crippen molar-refractivity contribution in [3.8, 4) is 0 Å². The van der Waals surface area contributed by atoms with Gasteiger partial charge in [-0.2, -0.15) is 35.8 Å². The third-order valence-electron chi connectivity index (χ3n) is 5.51. The minimum Gasteiger partial charge on any atom is -0.473 e. The lowest BCUT2D eigenvalue weighted by Gasteiger charge is -1.79. The maximum Gasteiger partial charge on any atom is 0.213 e. The van der Waals surface area contributed by atoms with Crippen LogP contribution in [0.2, 0.25) is 0 Å². The van der Waals surface area contributed by atoms with E-state index in [9.17, 15) is 0 Å². The molecule has 0 fully saturated rings. The van der Waals surface area contributed by atoms with Crippen LogP contribution in [-0.2, 0) is 0 Å². The van der Waals surface area contributed by atoms with E-state index in [1.807, 2.05) is 53.9 Å². The Morgan fingerprint density at radius 3 is 0.746 bits per heavy atom. The van der Waals surface area contributed by atoms with E-state index in [4.69, 9.17) is 0 Å². The van der Waals surface area contributed by atoms with Crippen molar-refractivity contribution in [1.29, 1.82) is 0 Å². The van der Waals surface area contributed by atoms with Gasteiger partial charge in [-0.15, -0.1) is 11.3 Å². The van der Waals surface area contributed by atoms with E-state index in [-0.39, 0.29) is 0 Å². The Balaban J connectivity index is -0.0000000896. The molecule has 0 saturated heterocycles. The van der Waals surface area contributed by atoms with Crippen molar-refractivity contribution in [2.45, 2.75) is 291 Å². The van der Waals surface area contributed by atoms with Crippen LogP contribution in [0.4, 0.5) is 0 Å². The molecule has 29 nitrogen and oxygen atoms in total. The zero-order valence-corrected chi connectivity index (χ0v) is 89.7. The fourth-order valence-corrected chi connectivity index (χ4v) is 3.21. The molecule has 0 aromatic carbocycles. The van der Waals surface area contributed by atoms with Gasteiger partial charge >= 0.3 is 0 Å². The summed E-state index contributed by atoms with van der Waals surface area (Å²) in [6.07, 6.45) is 51.0. The second-order valence-corrected chi connectivity index (χ2v) is 35.6. The van der Waals surface area contributed by atoms with Gasteiger partial charge < -0.3 is 22.9 Å². The molecule has 0 radical (unpaired) electrons. The summed E-state index contributed by atoms with van der Waals surface area (Å²) < 4.78 is 21.7. The van der Waals surface area contributed by atoms with Gasteiger partial charge in [0.2, 0.25) is 6.39 Å². The first-order valence-electron chi connectivity index (χ1n) is 44.5. The highest BCUT2D eigenvalue weighted by molar-refractivity contribution is 7.07. The van der Waals surface area contributed by atoms with Crippen LogP contribution < -0.4 is 0 Å². The quantitative estimate of drug-likeness (QED) is 0.110.